The summed E-state index contributed by atoms with van der Waals surface area (Å²) in [4.78, 5) is 2.54. The second-order valence-corrected chi connectivity index (χ2v) is 5.73. The molecule has 0 amide bonds. The molecule has 0 bridgehead atoms. The van der Waals surface area contributed by atoms with Crippen molar-refractivity contribution >= 4 is 17.2 Å². The Bertz CT molecular complexity index is 620. The second-order valence-electron chi connectivity index (χ2n) is 4.48. The van der Waals surface area contributed by atoms with E-state index in [1.807, 2.05) is 13.0 Å². The van der Waals surface area contributed by atoms with Crippen LogP contribution in [0.4, 0.5) is 0 Å². The Morgan fingerprint density at radius 2 is 2.05 bits per heavy atom. The van der Waals surface area contributed by atoms with Crippen molar-refractivity contribution in [3.63, 3.8) is 0 Å². The lowest BCUT2D eigenvalue weighted by atomic mass is 10.1. The zero-order valence-electron chi connectivity index (χ0n) is 11.6. The SMILES string of the molecule is CCc1ccc(COc2cc(/C(N)=N/O)ccc2C)s1. The molecule has 0 saturated heterocycles. The van der Waals surface area contributed by atoms with Gasteiger partial charge in [-0.25, -0.2) is 0 Å². The van der Waals surface area contributed by atoms with Crippen molar-refractivity contribution < 1.29 is 9.94 Å². The van der Waals surface area contributed by atoms with Crippen LogP contribution in [-0.2, 0) is 13.0 Å². The van der Waals surface area contributed by atoms with Gasteiger partial charge in [-0.2, -0.15) is 0 Å². The van der Waals surface area contributed by atoms with Crippen LogP contribution in [0.1, 0.15) is 27.8 Å². The highest BCUT2D eigenvalue weighted by Crippen LogP contribution is 2.23. The molecule has 0 atom stereocenters. The van der Waals surface area contributed by atoms with E-state index in [1.165, 1.54) is 9.75 Å². The van der Waals surface area contributed by atoms with E-state index < -0.39 is 0 Å². The highest BCUT2D eigenvalue weighted by molar-refractivity contribution is 7.11. The van der Waals surface area contributed by atoms with E-state index in [-0.39, 0.29) is 5.84 Å². The summed E-state index contributed by atoms with van der Waals surface area (Å²) < 4.78 is 5.83. The first-order chi connectivity index (χ1) is 9.63. The molecule has 0 unspecified atom stereocenters. The lowest BCUT2D eigenvalue weighted by Crippen LogP contribution is -2.13. The Morgan fingerprint density at radius 1 is 1.30 bits per heavy atom. The third-order valence-electron chi connectivity index (χ3n) is 3.03. The van der Waals surface area contributed by atoms with Crippen LogP contribution in [-0.4, -0.2) is 11.0 Å². The first-order valence-corrected chi connectivity index (χ1v) is 7.24. The zero-order valence-corrected chi connectivity index (χ0v) is 12.4. The molecular formula is C15H18N2O2S. The second kappa shape index (κ2) is 6.43. The van der Waals surface area contributed by atoms with E-state index in [0.717, 1.165) is 17.7 Å². The van der Waals surface area contributed by atoms with Gasteiger partial charge in [-0.15, -0.1) is 11.3 Å². The molecule has 2 rings (SSSR count). The van der Waals surface area contributed by atoms with Crippen LogP contribution in [0.25, 0.3) is 0 Å². The summed E-state index contributed by atoms with van der Waals surface area (Å²) in [7, 11) is 0. The van der Waals surface area contributed by atoms with Gasteiger partial charge >= 0.3 is 0 Å². The zero-order chi connectivity index (χ0) is 14.5. The molecule has 1 aromatic carbocycles. The Balaban J connectivity index is 2.12. The van der Waals surface area contributed by atoms with Gasteiger partial charge in [0.15, 0.2) is 5.84 Å². The average Bonchev–Trinajstić information content (AvgIpc) is 2.93. The van der Waals surface area contributed by atoms with Crippen LogP contribution in [0.3, 0.4) is 0 Å². The number of rotatable bonds is 5. The van der Waals surface area contributed by atoms with Gasteiger partial charge in [-0.3, -0.25) is 0 Å². The summed E-state index contributed by atoms with van der Waals surface area (Å²) in [5.74, 6) is 0.833. The molecule has 0 radical (unpaired) electrons. The number of aryl methyl sites for hydroxylation is 2. The number of oxime groups is 1. The van der Waals surface area contributed by atoms with Crippen LogP contribution >= 0.6 is 11.3 Å². The average molecular weight is 290 g/mol. The van der Waals surface area contributed by atoms with Crippen LogP contribution in [0, 0.1) is 6.92 Å². The number of amidine groups is 1. The third-order valence-corrected chi connectivity index (χ3v) is 4.23. The lowest BCUT2D eigenvalue weighted by Gasteiger charge is -2.09. The van der Waals surface area contributed by atoms with Crippen LogP contribution in [0.15, 0.2) is 35.5 Å². The van der Waals surface area contributed by atoms with Gasteiger partial charge < -0.3 is 15.7 Å². The van der Waals surface area contributed by atoms with E-state index in [0.29, 0.717) is 12.2 Å². The van der Waals surface area contributed by atoms with E-state index in [9.17, 15) is 0 Å². The number of hydrogen-bond acceptors (Lipinski definition) is 4. The van der Waals surface area contributed by atoms with Crippen molar-refractivity contribution in [1.29, 1.82) is 0 Å². The van der Waals surface area contributed by atoms with Gasteiger partial charge in [0.05, 0.1) is 0 Å². The molecular weight excluding hydrogens is 272 g/mol. The molecule has 0 aliphatic rings. The largest absolute Gasteiger partial charge is 0.488 e. The monoisotopic (exact) mass is 290 g/mol. The molecule has 0 fully saturated rings. The molecule has 5 heteroatoms. The van der Waals surface area contributed by atoms with E-state index in [1.54, 1.807) is 23.5 Å². The number of thiophene rings is 1. The molecule has 106 valence electrons. The molecule has 0 aliphatic carbocycles. The highest BCUT2D eigenvalue weighted by atomic mass is 32.1. The molecule has 4 nitrogen and oxygen atoms in total. The lowest BCUT2D eigenvalue weighted by molar-refractivity contribution is 0.307. The fourth-order valence-electron chi connectivity index (χ4n) is 1.81. The fourth-order valence-corrected chi connectivity index (χ4v) is 2.68. The van der Waals surface area contributed by atoms with Crippen molar-refractivity contribution in [3.05, 3.63) is 51.2 Å². The van der Waals surface area contributed by atoms with Gasteiger partial charge in [0.25, 0.3) is 0 Å². The minimum atomic E-state index is 0.0826. The van der Waals surface area contributed by atoms with Crippen molar-refractivity contribution in [2.45, 2.75) is 26.9 Å². The number of hydrogen-bond donors (Lipinski definition) is 2. The Hall–Kier alpha value is -2.01. The van der Waals surface area contributed by atoms with E-state index in [2.05, 4.69) is 24.2 Å². The first-order valence-electron chi connectivity index (χ1n) is 6.43. The van der Waals surface area contributed by atoms with Crippen molar-refractivity contribution in [2.24, 2.45) is 10.9 Å². The fraction of sp³-hybridized carbons (Fsp3) is 0.267. The number of ether oxygens (including phenoxy) is 1. The number of nitrogens with two attached hydrogens (primary N) is 1. The summed E-state index contributed by atoms with van der Waals surface area (Å²) in [6.07, 6.45) is 1.04. The minimum Gasteiger partial charge on any atom is -0.488 e. The molecule has 20 heavy (non-hydrogen) atoms. The molecule has 1 aromatic heterocycles. The van der Waals surface area contributed by atoms with Crippen LogP contribution in [0.5, 0.6) is 5.75 Å². The maximum Gasteiger partial charge on any atom is 0.170 e. The number of nitrogens with zero attached hydrogens (tertiary/aromatic N) is 1. The van der Waals surface area contributed by atoms with Gasteiger partial charge in [0, 0.05) is 15.3 Å². The maximum atomic E-state index is 8.71. The predicted molar refractivity (Wildman–Crippen MR) is 81.7 cm³/mol. The van der Waals surface area contributed by atoms with Crippen LogP contribution < -0.4 is 10.5 Å². The normalized spacial score (nSPS) is 11.6. The van der Waals surface area contributed by atoms with E-state index in [4.69, 9.17) is 15.7 Å². The molecule has 1 heterocycles. The standard InChI is InChI=1S/C15H18N2O2S/c1-3-12-6-7-13(20-12)9-19-14-8-11(15(16)17-18)5-4-10(14)2/h4-8,18H,3,9H2,1-2H3,(H2,16,17). The summed E-state index contributed by atoms with van der Waals surface area (Å²) in [5, 5.41) is 11.7. The summed E-state index contributed by atoms with van der Waals surface area (Å²) >= 11 is 1.76. The van der Waals surface area contributed by atoms with Crippen molar-refractivity contribution in [3.8, 4) is 5.75 Å². The predicted octanol–water partition coefficient (Wildman–Crippen LogP) is 3.29. The molecule has 0 aliphatic heterocycles. The first kappa shape index (κ1) is 14.4. The molecule has 0 saturated carbocycles. The molecule has 2 aromatic rings. The molecule has 3 N–H and O–H groups in total. The van der Waals surface area contributed by atoms with Gasteiger partial charge in [0.1, 0.15) is 12.4 Å². The Kier molecular flexibility index (Phi) is 4.63. The molecule has 0 spiro atoms. The Morgan fingerprint density at radius 3 is 2.70 bits per heavy atom. The smallest absolute Gasteiger partial charge is 0.170 e. The Labute approximate surface area is 122 Å². The minimum absolute atomic E-state index is 0.0826. The maximum absolute atomic E-state index is 8.71. The number of benzene rings is 1. The highest BCUT2D eigenvalue weighted by Gasteiger charge is 2.06. The summed E-state index contributed by atoms with van der Waals surface area (Å²) in [6, 6.07) is 9.71. The van der Waals surface area contributed by atoms with Crippen molar-refractivity contribution in [1.82, 2.24) is 0 Å². The third kappa shape index (κ3) is 3.30. The van der Waals surface area contributed by atoms with Crippen LogP contribution in [0.2, 0.25) is 0 Å². The van der Waals surface area contributed by atoms with Crippen molar-refractivity contribution in [2.75, 3.05) is 0 Å². The van der Waals surface area contributed by atoms with Gasteiger partial charge in [-0.05, 0) is 37.1 Å². The van der Waals surface area contributed by atoms with Gasteiger partial charge in [-0.1, -0.05) is 24.2 Å². The quantitative estimate of drug-likeness (QED) is 0.384. The topological polar surface area (TPSA) is 67.8 Å². The summed E-state index contributed by atoms with van der Waals surface area (Å²) in [5.41, 5.74) is 7.26. The van der Waals surface area contributed by atoms with E-state index >= 15 is 0 Å². The summed E-state index contributed by atoms with van der Waals surface area (Å²) in [6.45, 7) is 4.64. The van der Waals surface area contributed by atoms with Gasteiger partial charge in [0.2, 0.25) is 0 Å².